The third-order valence-corrected chi connectivity index (χ3v) is 6.24. The Kier molecular flexibility index (Phi) is 5.64. The molecule has 0 radical (unpaired) electrons. The predicted octanol–water partition coefficient (Wildman–Crippen LogP) is 5.24. The molecule has 0 aliphatic carbocycles. The highest BCUT2D eigenvalue weighted by Gasteiger charge is 2.11. The van der Waals surface area contributed by atoms with Crippen LogP contribution in [0.5, 0.6) is 0 Å². The van der Waals surface area contributed by atoms with E-state index in [0.29, 0.717) is 5.16 Å². The van der Waals surface area contributed by atoms with Gasteiger partial charge >= 0.3 is 0 Å². The largest absolute Gasteiger partial charge is 0.325 e. The van der Waals surface area contributed by atoms with E-state index < -0.39 is 0 Å². The summed E-state index contributed by atoms with van der Waals surface area (Å²) >= 11 is 2.99. The molecule has 0 bridgehead atoms. The van der Waals surface area contributed by atoms with Crippen molar-refractivity contribution >= 4 is 44.9 Å². The smallest absolute Gasteiger partial charge is 0.234 e. The van der Waals surface area contributed by atoms with Gasteiger partial charge in [0, 0.05) is 17.2 Å². The van der Waals surface area contributed by atoms with Crippen molar-refractivity contribution in [3.63, 3.8) is 0 Å². The minimum absolute atomic E-state index is 0.0888. The van der Waals surface area contributed by atoms with E-state index in [-0.39, 0.29) is 17.6 Å². The molecule has 148 valence electrons. The Balaban J connectivity index is 1.37. The fourth-order valence-electron chi connectivity index (χ4n) is 2.76. The van der Waals surface area contributed by atoms with Crippen LogP contribution in [0, 0.1) is 6.92 Å². The second-order valence-electron chi connectivity index (χ2n) is 7.06. The lowest BCUT2D eigenvalue weighted by molar-refractivity contribution is -0.113. The average Bonchev–Trinajstić information content (AvgIpc) is 3.33. The summed E-state index contributed by atoms with van der Waals surface area (Å²) in [6.07, 6.45) is 0. The van der Waals surface area contributed by atoms with Gasteiger partial charge in [-0.15, -0.1) is 16.4 Å². The molecule has 2 aromatic carbocycles. The number of aromatic amines is 1. The van der Waals surface area contributed by atoms with Crippen LogP contribution in [0.1, 0.15) is 31.2 Å². The summed E-state index contributed by atoms with van der Waals surface area (Å²) in [5.41, 5.74) is 4.04. The number of aryl methyl sites for hydroxylation is 1. The quantitative estimate of drug-likeness (QED) is 0.414. The van der Waals surface area contributed by atoms with Crippen LogP contribution in [0.2, 0.25) is 0 Å². The molecule has 0 saturated carbocycles. The first-order chi connectivity index (χ1) is 14.0. The first-order valence-corrected chi connectivity index (χ1v) is 11.1. The van der Waals surface area contributed by atoms with E-state index in [1.807, 2.05) is 38.1 Å². The Bertz CT molecular complexity index is 1150. The number of hydrogen-bond acceptors (Lipinski definition) is 6. The maximum Gasteiger partial charge on any atom is 0.234 e. The number of H-pyrrole nitrogens is 1. The summed E-state index contributed by atoms with van der Waals surface area (Å²) in [4.78, 5) is 21.3. The topological polar surface area (TPSA) is 83.6 Å². The summed E-state index contributed by atoms with van der Waals surface area (Å²) < 4.78 is 1.18. The summed E-state index contributed by atoms with van der Waals surface area (Å²) in [6, 6.07) is 14.0. The monoisotopic (exact) mass is 423 g/mol. The zero-order valence-electron chi connectivity index (χ0n) is 16.4. The standard InChI is InChI=1S/C21H21N5OS2/c1-12(2)19-24-21(26-25-19)28-11-18(27)22-15-7-5-14(6-8-15)20-23-16-9-4-13(3)10-17(16)29-20/h4-10,12H,11H2,1-3H3,(H,22,27)(H,24,25,26). The molecule has 0 fully saturated rings. The Hall–Kier alpha value is -2.71. The molecule has 0 unspecified atom stereocenters. The van der Waals surface area contributed by atoms with Crippen LogP contribution >= 0.6 is 23.1 Å². The number of thioether (sulfide) groups is 1. The summed E-state index contributed by atoms with van der Waals surface area (Å²) in [5.74, 6) is 1.28. The predicted molar refractivity (Wildman–Crippen MR) is 120 cm³/mol. The number of thiazole rings is 1. The molecule has 0 spiro atoms. The molecule has 6 nitrogen and oxygen atoms in total. The van der Waals surface area contributed by atoms with Gasteiger partial charge in [-0.05, 0) is 48.9 Å². The molecule has 8 heteroatoms. The third kappa shape index (κ3) is 4.65. The minimum atomic E-state index is -0.0888. The lowest BCUT2D eigenvalue weighted by Crippen LogP contribution is -2.14. The molecule has 29 heavy (non-hydrogen) atoms. The zero-order valence-corrected chi connectivity index (χ0v) is 18.0. The number of hydrogen-bond donors (Lipinski definition) is 2. The van der Waals surface area contributed by atoms with Crippen LogP contribution in [0.4, 0.5) is 5.69 Å². The van der Waals surface area contributed by atoms with Crippen LogP contribution in [-0.4, -0.2) is 31.8 Å². The van der Waals surface area contributed by atoms with Crippen LogP contribution in [0.3, 0.4) is 0 Å². The molecule has 2 heterocycles. The second-order valence-corrected chi connectivity index (χ2v) is 9.04. The molecular formula is C21H21N5OS2. The van der Waals surface area contributed by atoms with Gasteiger partial charge in [0.15, 0.2) is 0 Å². The molecule has 0 aliphatic heterocycles. The highest BCUT2D eigenvalue weighted by atomic mass is 32.2. The van der Waals surface area contributed by atoms with Crippen molar-refractivity contribution in [2.75, 3.05) is 11.1 Å². The van der Waals surface area contributed by atoms with E-state index in [2.05, 4.69) is 45.6 Å². The molecule has 4 rings (SSSR count). The van der Waals surface area contributed by atoms with E-state index in [0.717, 1.165) is 27.6 Å². The zero-order chi connectivity index (χ0) is 20.4. The van der Waals surface area contributed by atoms with E-state index in [1.54, 1.807) is 11.3 Å². The second kappa shape index (κ2) is 8.34. The number of rotatable bonds is 6. The van der Waals surface area contributed by atoms with Crippen LogP contribution < -0.4 is 5.32 Å². The molecule has 0 aliphatic rings. The van der Waals surface area contributed by atoms with Crippen LogP contribution in [0.25, 0.3) is 20.8 Å². The van der Waals surface area contributed by atoms with Crippen molar-refractivity contribution in [2.24, 2.45) is 0 Å². The van der Waals surface area contributed by atoms with Crippen molar-refractivity contribution in [3.8, 4) is 10.6 Å². The number of anilines is 1. The first-order valence-electron chi connectivity index (χ1n) is 9.30. The van der Waals surface area contributed by atoms with Crippen LogP contribution in [0.15, 0.2) is 47.6 Å². The normalized spacial score (nSPS) is 11.3. The number of carbonyl (C=O) groups excluding carboxylic acids is 1. The van der Waals surface area contributed by atoms with Gasteiger partial charge in [-0.2, -0.15) is 0 Å². The number of fused-ring (bicyclic) bond motifs is 1. The van der Waals surface area contributed by atoms with Gasteiger partial charge in [0.25, 0.3) is 0 Å². The highest BCUT2D eigenvalue weighted by molar-refractivity contribution is 7.99. The molecular weight excluding hydrogens is 402 g/mol. The first kappa shape index (κ1) is 19.6. The van der Waals surface area contributed by atoms with Crippen molar-refractivity contribution < 1.29 is 4.79 Å². The van der Waals surface area contributed by atoms with Gasteiger partial charge in [0.1, 0.15) is 10.8 Å². The minimum Gasteiger partial charge on any atom is -0.325 e. The summed E-state index contributed by atoms with van der Waals surface area (Å²) in [7, 11) is 0. The summed E-state index contributed by atoms with van der Waals surface area (Å²) in [5, 5.41) is 11.5. The third-order valence-electron chi connectivity index (χ3n) is 4.32. The maximum atomic E-state index is 12.2. The highest BCUT2D eigenvalue weighted by Crippen LogP contribution is 2.31. The van der Waals surface area contributed by atoms with E-state index in [1.165, 1.54) is 22.0 Å². The molecule has 0 atom stereocenters. The van der Waals surface area contributed by atoms with E-state index in [4.69, 9.17) is 4.98 Å². The van der Waals surface area contributed by atoms with Crippen molar-refractivity contribution in [1.82, 2.24) is 20.2 Å². The van der Waals surface area contributed by atoms with Gasteiger partial charge in [0.05, 0.1) is 16.0 Å². The SMILES string of the molecule is Cc1ccc2nc(-c3ccc(NC(=O)CSc4n[nH]c(C(C)C)n4)cc3)sc2c1. The maximum absolute atomic E-state index is 12.2. The Labute approximate surface area is 177 Å². The van der Waals surface area contributed by atoms with Gasteiger partial charge in [-0.25, -0.2) is 9.97 Å². The van der Waals surface area contributed by atoms with Crippen molar-refractivity contribution in [1.29, 1.82) is 0 Å². The molecule has 2 aromatic heterocycles. The number of nitrogens with zero attached hydrogens (tertiary/aromatic N) is 3. The van der Waals surface area contributed by atoms with Crippen molar-refractivity contribution in [2.45, 2.75) is 31.8 Å². The van der Waals surface area contributed by atoms with E-state index >= 15 is 0 Å². The molecule has 2 N–H and O–H groups in total. The van der Waals surface area contributed by atoms with Gasteiger partial charge < -0.3 is 5.32 Å². The average molecular weight is 424 g/mol. The van der Waals surface area contributed by atoms with Gasteiger partial charge in [0.2, 0.25) is 11.1 Å². The fraction of sp³-hybridized carbons (Fsp3) is 0.238. The summed E-state index contributed by atoms with van der Waals surface area (Å²) in [6.45, 7) is 6.17. The van der Waals surface area contributed by atoms with Gasteiger partial charge in [-0.1, -0.05) is 31.7 Å². The molecule has 4 aromatic rings. The van der Waals surface area contributed by atoms with Crippen LogP contribution in [-0.2, 0) is 4.79 Å². The van der Waals surface area contributed by atoms with Crippen molar-refractivity contribution in [3.05, 3.63) is 53.9 Å². The molecule has 1 amide bonds. The molecule has 0 saturated heterocycles. The lowest BCUT2D eigenvalue weighted by atomic mass is 10.2. The van der Waals surface area contributed by atoms with E-state index in [9.17, 15) is 4.79 Å². The lowest BCUT2D eigenvalue weighted by Gasteiger charge is -2.05. The number of amides is 1. The van der Waals surface area contributed by atoms with Gasteiger partial charge in [-0.3, -0.25) is 9.89 Å². The Morgan fingerprint density at radius 3 is 2.69 bits per heavy atom. The Morgan fingerprint density at radius 1 is 1.17 bits per heavy atom. The number of aromatic nitrogens is 4. The Morgan fingerprint density at radius 2 is 1.97 bits per heavy atom. The number of nitrogens with one attached hydrogen (secondary N) is 2. The number of benzene rings is 2. The number of carbonyl (C=O) groups is 1. The fourth-order valence-corrected chi connectivity index (χ4v) is 4.43.